The van der Waals surface area contributed by atoms with Gasteiger partial charge < -0.3 is 16.4 Å². The number of hydrogen-bond acceptors (Lipinski definition) is 3. The van der Waals surface area contributed by atoms with E-state index in [-0.39, 0.29) is 13.1 Å². The molecule has 0 aliphatic rings. The molecule has 0 aromatic heterocycles. The molecule has 1 rings (SSSR count). The van der Waals surface area contributed by atoms with Gasteiger partial charge in [0.05, 0.1) is 0 Å². The summed E-state index contributed by atoms with van der Waals surface area (Å²) in [7, 11) is 0. The molecule has 0 atom stereocenters. The highest BCUT2D eigenvalue weighted by Crippen LogP contribution is 2.17. The quantitative estimate of drug-likeness (QED) is 0.652. The second-order valence-corrected chi connectivity index (χ2v) is 3.10. The number of benzene rings is 1. The summed E-state index contributed by atoms with van der Waals surface area (Å²) in [5.74, 6) is -4.06. The molecule has 2 amide bonds. The normalized spacial score (nSPS) is 9.82. The van der Waals surface area contributed by atoms with Crippen molar-refractivity contribution in [2.24, 2.45) is 5.73 Å². The first kappa shape index (κ1) is 13.0. The van der Waals surface area contributed by atoms with Crippen LogP contribution in [0.2, 0.25) is 0 Å². The lowest BCUT2D eigenvalue weighted by atomic mass is 10.3. The Labute approximate surface area is 96.0 Å². The summed E-state index contributed by atoms with van der Waals surface area (Å²) >= 11 is 0. The minimum Gasteiger partial charge on any atom is -0.347 e. The maximum absolute atomic E-state index is 13.1. The molecule has 0 saturated heterocycles. The Balaban J connectivity index is 2.71. The van der Waals surface area contributed by atoms with E-state index in [1.807, 2.05) is 5.32 Å². The van der Waals surface area contributed by atoms with Crippen molar-refractivity contribution >= 4 is 17.5 Å². The fourth-order valence-electron chi connectivity index (χ4n) is 1.05. The first-order valence-corrected chi connectivity index (χ1v) is 4.79. The van der Waals surface area contributed by atoms with Crippen LogP contribution in [0.15, 0.2) is 18.2 Å². The van der Waals surface area contributed by atoms with E-state index in [1.54, 1.807) is 0 Å². The Morgan fingerprint density at radius 2 is 1.76 bits per heavy atom. The zero-order valence-electron chi connectivity index (χ0n) is 8.80. The molecule has 0 bridgehead atoms. The molecule has 5 nitrogen and oxygen atoms in total. The largest absolute Gasteiger partial charge is 0.347 e. The van der Waals surface area contributed by atoms with E-state index in [1.165, 1.54) is 0 Å². The number of para-hydroxylation sites is 1. The Kier molecular flexibility index (Phi) is 4.53. The van der Waals surface area contributed by atoms with Crippen LogP contribution in [0.4, 0.5) is 14.5 Å². The van der Waals surface area contributed by atoms with Crippen molar-refractivity contribution in [2.45, 2.75) is 0 Å². The van der Waals surface area contributed by atoms with Gasteiger partial charge in [-0.3, -0.25) is 9.59 Å². The molecule has 0 fully saturated rings. The second kappa shape index (κ2) is 5.90. The molecular weight excluding hydrogens is 232 g/mol. The van der Waals surface area contributed by atoms with Crippen LogP contribution >= 0.6 is 0 Å². The van der Waals surface area contributed by atoms with Crippen molar-refractivity contribution in [2.75, 3.05) is 18.4 Å². The molecule has 1 aromatic rings. The summed E-state index contributed by atoms with van der Waals surface area (Å²) in [6, 6.07) is 3.09. The summed E-state index contributed by atoms with van der Waals surface area (Å²) in [5, 5.41) is 4.02. The van der Waals surface area contributed by atoms with Gasteiger partial charge >= 0.3 is 11.8 Å². The lowest BCUT2D eigenvalue weighted by Gasteiger charge is -2.07. The lowest BCUT2D eigenvalue weighted by Crippen LogP contribution is -2.38. The third-order valence-corrected chi connectivity index (χ3v) is 1.84. The number of anilines is 1. The van der Waals surface area contributed by atoms with E-state index in [0.29, 0.717) is 0 Å². The number of halogens is 2. The zero-order chi connectivity index (χ0) is 12.8. The molecule has 0 radical (unpaired) electrons. The van der Waals surface area contributed by atoms with Crippen LogP contribution in [0.25, 0.3) is 0 Å². The number of nitrogens with one attached hydrogen (secondary N) is 2. The van der Waals surface area contributed by atoms with Gasteiger partial charge in [0.25, 0.3) is 0 Å². The predicted molar refractivity (Wildman–Crippen MR) is 57.1 cm³/mol. The topological polar surface area (TPSA) is 84.2 Å². The average molecular weight is 243 g/mol. The van der Waals surface area contributed by atoms with E-state index in [9.17, 15) is 18.4 Å². The monoisotopic (exact) mass is 243 g/mol. The Morgan fingerprint density at radius 3 is 2.29 bits per heavy atom. The minimum absolute atomic E-state index is 0.103. The van der Waals surface area contributed by atoms with Crippen LogP contribution < -0.4 is 16.4 Å². The van der Waals surface area contributed by atoms with Crippen molar-refractivity contribution < 1.29 is 18.4 Å². The van der Waals surface area contributed by atoms with Crippen LogP contribution in [-0.4, -0.2) is 24.9 Å². The highest BCUT2D eigenvalue weighted by atomic mass is 19.1. The maximum Gasteiger partial charge on any atom is 0.313 e. The molecule has 4 N–H and O–H groups in total. The summed E-state index contributed by atoms with van der Waals surface area (Å²) in [6.45, 7) is 0.263. The van der Waals surface area contributed by atoms with E-state index in [0.717, 1.165) is 18.2 Å². The Hall–Kier alpha value is -2.02. The van der Waals surface area contributed by atoms with Gasteiger partial charge in [-0.2, -0.15) is 0 Å². The van der Waals surface area contributed by atoms with Crippen LogP contribution in [0.5, 0.6) is 0 Å². The molecule has 0 unspecified atom stereocenters. The van der Waals surface area contributed by atoms with Crippen molar-refractivity contribution in [3.05, 3.63) is 29.8 Å². The number of rotatable bonds is 3. The highest BCUT2D eigenvalue weighted by molar-refractivity contribution is 6.39. The third-order valence-electron chi connectivity index (χ3n) is 1.84. The lowest BCUT2D eigenvalue weighted by molar-refractivity contribution is -0.136. The summed E-state index contributed by atoms with van der Waals surface area (Å²) in [4.78, 5) is 22.3. The Morgan fingerprint density at radius 1 is 1.18 bits per heavy atom. The minimum atomic E-state index is -1.15. The molecule has 17 heavy (non-hydrogen) atoms. The second-order valence-electron chi connectivity index (χ2n) is 3.10. The van der Waals surface area contributed by atoms with Crippen molar-refractivity contribution in [3.8, 4) is 0 Å². The predicted octanol–water partition coefficient (Wildman–Crippen LogP) is -0.0218. The molecule has 0 heterocycles. The van der Waals surface area contributed by atoms with E-state index < -0.39 is 29.1 Å². The number of carbonyl (C=O) groups excluding carboxylic acids is 2. The van der Waals surface area contributed by atoms with Gasteiger partial charge in [0.1, 0.15) is 17.3 Å². The van der Waals surface area contributed by atoms with E-state index >= 15 is 0 Å². The van der Waals surface area contributed by atoms with Crippen LogP contribution in [0.3, 0.4) is 0 Å². The summed E-state index contributed by atoms with van der Waals surface area (Å²) < 4.78 is 26.2. The van der Waals surface area contributed by atoms with Gasteiger partial charge in [0.2, 0.25) is 0 Å². The fourth-order valence-corrected chi connectivity index (χ4v) is 1.05. The van der Waals surface area contributed by atoms with E-state index in [4.69, 9.17) is 5.73 Å². The number of nitrogens with two attached hydrogens (primary N) is 1. The van der Waals surface area contributed by atoms with Crippen molar-refractivity contribution in [1.29, 1.82) is 0 Å². The summed E-state index contributed by atoms with van der Waals surface area (Å²) in [5.41, 5.74) is 4.46. The van der Waals surface area contributed by atoms with Gasteiger partial charge in [0.15, 0.2) is 0 Å². The van der Waals surface area contributed by atoms with Crippen LogP contribution in [0, 0.1) is 11.6 Å². The average Bonchev–Trinajstić information content (AvgIpc) is 2.30. The summed E-state index contributed by atoms with van der Waals surface area (Å²) in [6.07, 6.45) is 0. The molecule has 1 aromatic carbocycles. The maximum atomic E-state index is 13.1. The van der Waals surface area contributed by atoms with Crippen LogP contribution in [-0.2, 0) is 9.59 Å². The van der Waals surface area contributed by atoms with Gasteiger partial charge in [-0.25, -0.2) is 8.78 Å². The number of amides is 2. The standard InChI is InChI=1S/C10H11F2N3O2/c11-6-2-1-3-7(12)8(6)15-10(17)9(16)14-5-4-13/h1-3H,4-5,13H2,(H,14,16)(H,15,17). The third kappa shape index (κ3) is 3.49. The van der Waals surface area contributed by atoms with Crippen LogP contribution in [0.1, 0.15) is 0 Å². The first-order valence-electron chi connectivity index (χ1n) is 4.79. The van der Waals surface area contributed by atoms with Gasteiger partial charge in [-0.1, -0.05) is 6.07 Å². The smallest absolute Gasteiger partial charge is 0.313 e. The number of carbonyl (C=O) groups is 2. The van der Waals surface area contributed by atoms with Gasteiger partial charge in [-0.05, 0) is 12.1 Å². The SMILES string of the molecule is NCCNC(=O)C(=O)Nc1c(F)cccc1F. The molecule has 92 valence electrons. The van der Waals surface area contributed by atoms with Gasteiger partial charge in [-0.15, -0.1) is 0 Å². The molecule has 0 aliphatic carbocycles. The van der Waals surface area contributed by atoms with Gasteiger partial charge in [0, 0.05) is 13.1 Å². The number of hydrogen-bond donors (Lipinski definition) is 3. The molecule has 0 aliphatic heterocycles. The molecule has 0 saturated carbocycles. The molecule has 7 heteroatoms. The highest BCUT2D eigenvalue weighted by Gasteiger charge is 2.17. The fraction of sp³-hybridized carbons (Fsp3) is 0.200. The molecule has 0 spiro atoms. The van der Waals surface area contributed by atoms with Crippen molar-refractivity contribution in [1.82, 2.24) is 5.32 Å². The first-order chi connectivity index (χ1) is 8.06. The van der Waals surface area contributed by atoms with Crippen molar-refractivity contribution in [3.63, 3.8) is 0 Å². The Bertz CT molecular complexity index is 417. The molecular formula is C10H11F2N3O2. The van der Waals surface area contributed by atoms with E-state index in [2.05, 4.69) is 5.32 Å². The zero-order valence-corrected chi connectivity index (χ0v) is 8.80.